The van der Waals surface area contributed by atoms with Crippen molar-refractivity contribution in [2.24, 2.45) is 0 Å². The zero-order valence-electron chi connectivity index (χ0n) is 17.1. The number of carbonyl (C=O) groups is 1. The first-order valence-corrected chi connectivity index (χ1v) is 10.9. The molecule has 4 nitrogen and oxygen atoms in total. The Hall–Kier alpha value is -2.79. The van der Waals surface area contributed by atoms with Crippen LogP contribution < -0.4 is 14.8 Å². The van der Waals surface area contributed by atoms with E-state index in [1.807, 2.05) is 60.7 Å². The average Bonchev–Trinajstić information content (AvgIpc) is 2.77. The lowest BCUT2D eigenvalue weighted by Crippen LogP contribution is -2.12. The van der Waals surface area contributed by atoms with Gasteiger partial charge in [0.15, 0.2) is 0 Å². The van der Waals surface area contributed by atoms with Crippen LogP contribution in [-0.2, 0) is 17.8 Å². The quantitative estimate of drug-likeness (QED) is 0.351. The van der Waals surface area contributed by atoms with Crippen molar-refractivity contribution in [1.29, 1.82) is 0 Å². The molecule has 0 spiro atoms. The first-order valence-electron chi connectivity index (χ1n) is 10.1. The summed E-state index contributed by atoms with van der Waals surface area (Å²) in [5.74, 6) is 1.54. The number of halogens is 1. The summed E-state index contributed by atoms with van der Waals surface area (Å²) >= 11 is 3.53. The predicted octanol–water partition coefficient (Wildman–Crippen LogP) is 6.39. The van der Waals surface area contributed by atoms with Crippen LogP contribution >= 0.6 is 15.9 Å². The summed E-state index contributed by atoms with van der Waals surface area (Å²) < 4.78 is 12.5. The second-order valence-electron chi connectivity index (χ2n) is 6.92. The van der Waals surface area contributed by atoms with E-state index < -0.39 is 0 Å². The Bertz CT molecular complexity index is 942. The monoisotopic (exact) mass is 467 g/mol. The summed E-state index contributed by atoms with van der Waals surface area (Å²) in [5.41, 5.74) is 3.13. The Morgan fingerprint density at radius 2 is 1.70 bits per heavy atom. The van der Waals surface area contributed by atoms with Gasteiger partial charge in [-0.3, -0.25) is 4.79 Å². The number of hydrogen-bond acceptors (Lipinski definition) is 3. The fourth-order valence-corrected chi connectivity index (χ4v) is 3.44. The maximum absolute atomic E-state index is 12.2. The van der Waals surface area contributed by atoms with E-state index in [0.717, 1.165) is 33.6 Å². The highest BCUT2D eigenvalue weighted by molar-refractivity contribution is 9.10. The van der Waals surface area contributed by atoms with Crippen molar-refractivity contribution in [3.63, 3.8) is 0 Å². The molecule has 0 atom stereocenters. The van der Waals surface area contributed by atoms with Gasteiger partial charge in [0.25, 0.3) is 0 Å². The number of anilines is 1. The van der Waals surface area contributed by atoms with Crippen LogP contribution in [0.2, 0.25) is 0 Å². The van der Waals surface area contributed by atoms with Crippen LogP contribution in [0.15, 0.2) is 77.3 Å². The van der Waals surface area contributed by atoms with Gasteiger partial charge in [0.1, 0.15) is 18.1 Å². The first kappa shape index (κ1) is 21.9. The smallest absolute Gasteiger partial charge is 0.224 e. The minimum Gasteiger partial charge on any atom is -0.492 e. The summed E-state index contributed by atoms with van der Waals surface area (Å²) in [6.45, 7) is 3.12. The Kier molecular flexibility index (Phi) is 8.33. The van der Waals surface area contributed by atoms with Crippen molar-refractivity contribution in [2.45, 2.75) is 32.8 Å². The lowest BCUT2D eigenvalue weighted by Gasteiger charge is -2.10. The van der Waals surface area contributed by atoms with Gasteiger partial charge in [0.05, 0.1) is 11.1 Å². The zero-order valence-corrected chi connectivity index (χ0v) is 18.7. The van der Waals surface area contributed by atoms with E-state index in [1.54, 1.807) is 0 Å². The van der Waals surface area contributed by atoms with E-state index in [9.17, 15) is 4.79 Å². The highest BCUT2D eigenvalue weighted by Crippen LogP contribution is 2.26. The van der Waals surface area contributed by atoms with Crippen molar-refractivity contribution in [2.75, 3.05) is 11.9 Å². The number of ether oxygens (including phenoxy) is 2. The predicted molar refractivity (Wildman–Crippen MR) is 124 cm³/mol. The van der Waals surface area contributed by atoms with Gasteiger partial charge in [0, 0.05) is 12.1 Å². The summed E-state index contributed by atoms with van der Waals surface area (Å²) in [6.07, 6.45) is 2.03. The van der Waals surface area contributed by atoms with Crippen molar-refractivity contribution < 1.29 is 14.3 Å². The summed E-state index contributed by atoms with van der Waals surface area (Å²) in [4.78, 5) is 12.2. The molecule has 156 valence electrons. The van der Waals surface area contributed by atoms with Gasteiger partial charge in [-0.25, -0.2) is 0 Å². The minimum absolute atomic E-state index is 0.0306. The summed E-state index contributed by atoms with van der Waals surface area (Å²) in [5, 5.41) is 2.91. The zero-order chi connectivity index (χ0) is 21.2. The Balaban J connectivity index is 1.37. The van der Waals surface area contributed by atoms with Crippen LogP contribution in [0.4, 0.5) is 5.69 Å². The molecule has 0 radical (unpaired) electrons. The Morgan fingerprint density at radius 1 is 0.933 bits per heavy atom. The third-order valence-electron chi connectivity index (χ3n) is 4.60. The molecular formula is C25H26BrNO3. The molecule has 0 aromatic heterocycles. The molecule has 30 heavy (non-hydrogen) atoms. The Labute approximate surface area is 186 Å². The maximum atomic E-state index is 12.2. The van der Waals surface area contributed by atoms with E-state index in [1.165, 1.54) is 5.56 Å². The number of nitrogens with one attached hydrogen (secondary N) is 1. The lowest BCUT2D eigenvalue weighted by molar-refractivity contribution is -0.116. The van der Waals surface area contributed by atoms with Crippen molar-refractivity contribution in [1.82, 2.24) is 0 Å². The number of amides is 1. The van der Waals surface area contributed by atoms with E-state index in [2.05, 4.69) is 40.3 Å². The average molecular weight is 468 g/mol. The first-order chi connectivity index (χ1) is 14.6. The van der Waals surface area contributed by atoms with Crippen LogP contribution in [0, 0.1) is 0 Å². The molecular weight excluding hydrogens is 442 g/mol. The highest BCUT2D eigenvalue weighted by Gasteiger charge is 2.05. The number of aryl methyl sites for hydroxylation is 1. The van der Waals surface area contributed by atoms with E-state index in [0.29, 0.717) is 26.1 Å². The number of rotatable bonds is 10. The second kappa shape index (κ2) is 11.4. The third kappa shape index (κ3) is 6.92. The molecule has 0 aliphatic rings. The van der Waals surface area contributed by atoms with Gasteiger partial charge in [0.2, 0.25) is 5.91 Å². The van der Waals surface area contributed by atoms with Gasteiger partial charge in [-0.2, -0.15) is 0 Å². The molecule has 0 aliphatic heterocycles. The molecule has 1 amide bonds. The minimum atomic E-state index is -0.0306. The standard InChI is InChI=1S/C25H26BrNO3/c1-2-19-10-15-24(23(26)17-19)29-16-6-9-25(28)27-21-11-13-22(14-12-21)30-18-20-7-4-3-5-8-20/h3-5,7-8,10-15,17H,2,6,9,16,18H2,1H3,(H,27,28). The van der Waals surface area contributed by atoms with Crippen LogP contribution in [-0.4, -0.2) is 12.5 Å². The van der Waals surface area contributed by atoms with Gasteiger partial charge in [-0.05, 0) is 76.3 Å². The molecule has 3 rings (SSSR count). The fraction of sp³-hybridized carbons (Fsp3) is 0.240. The molecule has 0 fully saturated rings. The highest BCUT2D eigenvalue weighted by atomic mass is 79.9. The molecule has 5 heteroatoms. The fourth-order valence-electron chi connectivity index (χ4n) is 2.90. The van der Waals surface area contributed by atoms with Gasteiger partial charge in [-0.1, -0.05) is 43.3 Å². The van der Waals surface area contributed by atoms with E-state index in [-0.39, 0.29) is 5.91 Å². The molecule has 0 saturated heterocycles. The SMILES string of the molecule is CCc1ccc(OCCCC(=O)Nc2ccc(OCc3ccccc3)cc2)c(Br)c1. The van der Waals surface area contributed by atoms with Gasteiger partial charge >= 0.3 is 0 Å². The summed E-state index contributed by atoms with van der Waals surface area (Å²) in [6, 6.07) is 23.5. The lowest BCUT2D eigenvalue weighted by atomic mass is 10.2. The number of benzene rings is 3. The van der Waals surface area contributed by atoms with Crippen molar-refractivity contribution >= 4 is 27.5 Å². The van der Waals surface area contributed by atoms with Crippen LogP contribution in [0.25, 0.3) is 0 Å². The third-order valence-corrected chi connectivity index (χ3v) is 5.22. The van der Waals surface area contributed by atoms with Crippen molar-refractivity contribution in [3.05, 3.63) is 88.4 Å². The molecule has 3 aromatic rings. The van der Waals surface area contributed by atoms with Gasteiger partial charge < -0.3 is 14.8 Å². The molecule has 1 N–H and O–H groups in total. The molecule has 0 saturated carbocycles. The van der Waals surface area contributed by atoms with Crippen LogP contribution in [0.5, 0.6) is 11.5 Å². The van der Waals surface area contributed by atoms with Crippen LogP contribution in [0.1, 0.15) is 30.9 Å². The normalized spacial score (nSPS) is 10.5. The topological polar surface area (TPSA) is 47.6 Å². The second-order valence-corrected chi connectivity index (χ2v) is 7.77. The van der Waals surface area contributed by atoms with Crippen molar-refractivity contribution in [3.8, 4) is 11.5 Å². The molecule has 0 unspecified atom stereocenters. The molecule has 3 aromatic carbocycles. The van der Waals surface area contributed by atoms with Crippen LogP contribution in [0.3, 0.4) is 0 Å². The Morgan fingerprint density at radius 3 is 2.40 bits per heavy atom. The van der Waals surface area contributed by atoms with E-state index in [4.69, 9.17) is 9.47 Å². The van der Waals surface area contributed by atoms with E-state index >= 15 is 0 Å². The summed E-state index contributed by atoms with van der Waals surface area (Å²) in [7, 11) is 0. The molecule has 0 aliphatic carbocycles. The number of carbonyl (C=O) groups excluding carboxylic acids is 1. The maximum Gasteiger partial charge on any atom is 0.224 e. The molecule has 0 heterocycles. The number of hydrogen-bond donors (Lipinski definition) is 1. The molecule has 0 bridgehead atoms. The van der Waals surface area contributed by atoms with Gasteiger partial charge in [-0.15, -0.1) is 0 Å². The largest absolute Gasteiger partial charge is 0.492 e.